The average Bonchev–Trinajstić information content (AvgIpc) is 2.87. The molecule has 0 aliphatic heterocycles. The summed E-state index contributed by atoms with van der Waals surface area (Å²) in [5.41, 5.74) is 7.14. The van der Waals surface area contributed by atoms with Crippen molar-refractivity contribution in [2.24, 2.45) is 5.73 Å². The van der Waals surface area contributed by atoms with Crippen LogP contribution in [0.4, 0.5) is 0 Å². The molecule has 0 fully saturated rings. The number of amides is 1. The van der Waals surface area contributed by atoms with Gasteiger partial charge in [0.2, 0.25) is 5.91 Å². The quantitative estimate of drug-likeness (QED) is 0.803. The normalized spacial score (nSPS) is 10.4. The highest BCUT2D eigenvalue weighted by Gasteiger charge is 2.11. The lowest BCUT2D eigenvalue weighted by Crippen LogP contribution is -2.30. The SMILES string of the molecule is CN(Cc1ccncc1)C(=O)Cn1cc(CN)nn1. The summed E-state index contributed by atoms with van der Waals surface area (Å²) in [6.45, 7) is 1.02. The van der Waals surface area contributed by atoms with E-state index in [1.54, 1.807) is 30.5 Å². The molecular weight excluding hydrogens is 244 g/mol. The van der Waals surface area contributed by atoms with Crippen LogP contribution in [0.1, 0.15) is 11.3 Å². The zero-order valence-corrected chi connectivity index (χ0v) is 10.7. The topological polar surface area (TPSA) is 89.9 Å². The van der Waals surface area contributed by atoms with Gasteiger partial charge in [-0.1, -0.05) is 5.21 Å². The third kappa shape index (κ3) is 3.59. The van der Waals surface area contributed by atoms with E-state index in [4.69, 9.17) is 5.73 Å². The zero-order chi connectivity index (χ0) is 13.7. The molecular formula is C12H16N6O. The van der Waals surface area contributed by atoms with E-state index in [1.165, 1.54) is 4.68 Å². The van der Waals surface area contributed by atoms with E-state index in [9.17, 15) is 4.79 Å². The average molecular weight is 260 g/mol. The Morgan fingerprint density at radius 3 is 2.79 bits per heavy atom. The molecule has 1 amide bonds. The maximum Gasteiger partial charge on any atom is 0.244 e. The fourth-order valence-corrected chi connectivity index (χ4v) is 1.62. The molecule has 0 saturated carbocycles. The summed E-state index contributed by atoms with van der Waals surface area (Å²) in [6.07, 6.45) is 5.09. The predicted molar refractivity (Wildman–Crippen MR) is 68.6 cm³/mol. The van der Waals surface area contributed by atoms with Crippen LogP contribution in [0.2, 0.25) is 0 Å². The molecule has 2 aromatic heterocycles. The van der Waals surface area contributed by atoms with E-state index in [1.807, 2.05) is 12.1 Å². The highest BCUT2D eigenvalue weighted by Crippen LogP contribution is 2.02. The zero-order valence-electron chi connectivity index (χ0n) is 10.7. The van der Waals surface area contributed by atoms with Crippen molar-refractivity contribution in [2.75, 3.05) is 7.05 Å². The van der Waals surface area contributed by atoms with E-state index in [-0.39, 0.29) is 12.5 Å². The molecule has 0 spiro atoms. The van der Waals surface area contributed by atoms with E-state index in [2.05, 4.69) is 15.3 Å². The van der Waals surface area contributed by atoms with Crippen LogP contribution in [0.5, 0.6) is 0 Å². The van der Waals surface area contributed by atoms with Crippen LogP contribution in [0.3, 0.4) is 0 Å². The lowest BCUT2D eigenvalue weighted by atomic mass is 10.2. The summed E-state index contributed by atoms with van der Waals surface area (Å²) in [5, 5.41) is 7.69. The molecule has 2 aromatic rings. The maximum absolute atomic E-state index is 12.0. The summed E-state index contributed by atoms with van der Waals surface area (Å²) >= 11 is 0. The van der Waals surface area contributed by atoms with Crippen molar-refractivity contribution < 1.29 is 4.79 Å². The molecule has 19 heavy (non-hydrogen) atoms. The Morgan fingerprint density at radius 2 is 2.16 bits per heavy atom. The number of hydrogen-bond donors (Lipinski definition) is 1. The van der Waals surface area contributed by atoms with E-state index >= 15 is 0 Å². The lowest BCUT2D eigenvalue weighted by Gasteiger charge is -2.16. The van der Waals surface area contributed by atoms with E-state index < -0.39 is 0 Å². The van der Waals surface area contributed by atoms with Crippen LogP contribution in [-0.2, 0) is 24.4 Å². The first-order chi connectivity index (χ1) is 9.19. The van der Waals surface area contributed by atoms with Crippen molar-refractivity contribution in [1.29, 1.82) is 0 Å². The van der Waals surface area contributed by atoms with Gasteiger partial charge in [0.15, 0.2) is 0 Å². The van der Waals surface area contributed by atoms with Crippen molar-refractivity contribution in [2.45, 2.75) is 19.6 Å². The number of nitrogens with zero attached hydrogens (tertiary/aromatic N) is 5. The van der Waals surface area contributed by atoms with Gasteiger partial charge < -0.3 is 10.6 Å². The van der Waals surface area contributed by atoms with Gasteiger partial charge in [0.05, 0.1) is 11.9 Å². The molecule has 7 nitrogen and oxygen atoms in total. The molecule has 0 unspecified atom stereocenters. The summed E-state index contributed by atoms with van der Waals surface area (Å²) in [5.74, 6) is -0.0368. The number of carbonyl (C=O) groups excluding carboxylic acids is 1. The first-order valence-electron chi connectivity index (χ1n) is 5.91. The Kier molecular flexibility index (Phi) is 4.19. The van der Waals surface area contributed by atoms with E-state index in [0.717, 1.165) is 5.56 Å². The smallest absolute Gasteiger partial charge is 0.244 e. The number of pyridine rings is 1. The highest BCUT2D eigenvalue weighted by molar-refractivity contribution is 5.75. The summed E-state index contributed by atoms with van der Waals surface area (Å²) < 4.78 is 1.49. The minimum absolute atomic E-state index is 0.0368. The summed E-state index contributed by atoms with van der Waals surface area (Å²) in [6, 6.07) is 3.76. The van der Waals surface area contributed by atoms with Crippen molar-refractivity contribution >= 4 is 5.91 Å². The Labute approximate surface area is 111 Å². The summed E-state index contributed by atoms with van der Waals surface area (Å²) in [7, 11) is 1.75. The number of aromatic nitrogens is 4. The molecule has 0 bridgehead atoms. The molecule has 0 radical (unpaired) electrons. The molecule has 100 valence electrons. The van der Waals surface area contributed by atoms with Crippen LogP contribution >= 0.6 is 0 Å². The van der Waals surface area contributed by atoms with Crippen molar-refractivity contribution in [3.63, 3.8) is 0 Å². The molecule has 0 saturated heterocycles. The Hall–Kier alpha value is -2.28. The van der Waals surface area contributed by atoms with Crippen LogP contribution < -0.4 is 5.73 Å². The second-order valence-electron chi connectivity index (χ2n) is 4.22. The predicted octanol–water partition coefficient (Wildman–Crippen LogP) is -0.210. The van der Waals surface area contributed by atoms with Crippen LogP contribution in [0.25, 0.3) is 0 Å². The number of carbonyl (C=O) groups is 1. The van der Waals surface area contributed by atoms with Gasteiger partial charge >= 0.3 is 0 Å². The standard InChI is InChI=1S/C12H16N6O/c1-17(7-10-2-4-14-5-3-10)12(19)9-18-8-11(6-13)15-16-18/h2-5,8H,6-7,9,13H2,1H3. The number of nitrogens with two attached hydrogens (primary N) is 1. The number of hydrogen-bond acceptors (Lipinski definition) is 5. The number of likely N-dealkylation sites (N-methyl/N-ethyl adjacent to an activating group) is 1. The molecule has 0 atom stereocenters. The first kappa shape index (κ1) is 13.2. The minimum Gasteiger partial charge on any atom is -0.340 e. The molecule has 7 heteroatoms. The van der Waals surface area contributed by atoms with Gasteiger partial charge in [-0.15, -0.1) is 5.10 Å². The van der Waals surface area contributed by atoms with Gasteiger partial charge in [-0.3, -0.25) is 9.78 Å². The van der Waals surface area contributed by atoms with Gasteiger partial charge in [-0.2, -0.15) is 0 Å². The van der Waals surface area contributed by atoms with E-state index in [0.29, 0.717) is 18.8 Å². The van der Waals surface area contributed by atoms with Crippen molar-refractivity contribution in [3.8, 4) is 0 Å². The van der Waals surface area contributed by atoms with Gasteiger partial charge in [0.25, 0.3) is 0 Å². The molecule has 0 aliphatic rings. The fourth-order valence-electron chi connectivity index (χ4n) is 1.62. The molecule has 2 rings (SSSR count). The fraction of sp³-hybridized carbons (Fsp3) is 0.333. The largest absolute Gasteiger partial charge is 0.340 e. The third-order valence-corrected chi connectivity index (χ3v) is 2.69. The molecule has 0 aromatic carbocycles. The van der Waals surface area contributed by atoms with Gasteiger partial charge in [-0.25, -0.2) is 4.68 Å². The Balaban J connectivity index is 1.92. The van der Waals surface area contributed by atoms with Gasteiger partial charge in [-0.05, 0) is 17.7 Å². The maximum atomic E-state index is 12.0. The third-order valence-electron chi connectivity index (χ3n) is 2.69. The van der Waals surface area contributed by atoms with Crippen LogP contribution in [0, 0.1) is 0 Å². The highest BCUT2D eigenvalue weighted by atomic mass is 16.2. The Bertz CT molecular complexity index is 538. The van der Waals surface area contributed by atoms with Crippen LogP contribution in [0.15, 0.2) is 30.7 Å². The first-order valence-corrected chi connectivity index (χ1v) is 5.91. The lowest BCUT2D eigenvalue weighted by molar-refractivity contribution is -0.131. The number of rotatable bonds is 5. The summed E-state index contributed by atoms with van der Waals surface area (Å²) in [4.78, 5) is 17.6. The molecule has 2 N–H and O–H groups in total. The Morgan fingerprint density at radius 1 is 1.42 bits per heavy atom. The second-order valence-corrected chi connectivity index (χ2v) is 4.22. The van der Waals surface area contributed by atoms with Gasteiger partial charge in [0.1, 0.15) is 6.54 Å². The van der Waals surface area contributed by atoms with Crippen molar-refractivity contribution in [1.82, 2.24) is 24.9 Å². The minimum atomic E-state index is -0.0368. The molecule has 0 aliphatic carbocycles. The second kappa shape index (κ2) is 6.05. The monoisotopic (exact) mass is 260 g/mol. The van der Waals surface area contributed by atoms with Crippen molar-refractivity contribution in [3.05, 3.63) is 42.0 Å². The van der Waals surface area contributed by atoms with Gasteiger partial charge in [0, 0.05) is 32.5 Å². The van der Waals surface area contributed by atoms with Crippen LogP contribution in [-0.4, -0.2) is 37.8 Å². The molecule has 2 heterocycles.